The molecule has 3 atom stereocenters. The number of rotatable bonds is 20. The fourth-order valence-electron chi connectivity index (χ4n) is 5.69. The summed E-state index contributed by atoms with van der Waals surface area (Å²) in [6.07, 6.45) is 2.88. The second kappa shape index (κ2) is 24.6. The van der Waals surface area contributed by atoms with Gasteiger partial charge in [0.25, 0.3) is 5.91 Å². The van der Waals surface area contributed by atoms with E-state index in [9.17, 15) is 38.4 Å². The molecule has 0 saturated carbocycles. The van der Waals surface area contributed by atoms with E-state index >= 15 is 0 Å². The summed E-state index contributed by atoms with van der Waals surface area (Å²) in [7, 11) is -0.867. The van der Waals surface area contributed by atoms with Crippen LogP contribution in [-0.4, -0.2) is 132 Å². The molecule has 1 aliphatic heterocycles. The number of carbonyl (C=O) groups excluding carboxylic acids is 8. The minimum atomic E-state index is -1.87. The monoisotopic (exact) mass is 796 g/mol. The summed E-state index contributed by atoms with van der Waals surface area (Å²) in [6.45, 7) is 2.27. The van der Waals surface area contributed by atoms with Gasteiger partial charge in [-0.05, 0) is 61.4 Å². The molecule has 1 aliphatic rings. The van der Waals surface area contributed by atoms with Crippen molar-refractivity contribution in [1.82, 2.24) is 36.8 Å². The SMILES string of the molecule is CCCCc1ccc(-c2ccc(C(=O)NCC(=O)NC(C)C(=O)NCC(=O)N3CCCC3C(=O)NCC(=O)NC(CC(N)=O)C(=O)NCB(O)O)cc2)cc1.CO. The first-order chi connectivity index (χ1) is 27.2. The molecule has 19 nitrogen and oxygen atoms in total. The Morgan fingerprint density at radius 3 is 2.00 bits per heavy atom. The number of primary amides is 1. The average Bonchev–Trinajstić information content (AvgIpc) is 3.70. The van der Waals surface area contributed by atoms with E-state index in [2.05, 4.69) is 51.0 Å². The number of unbranched alkanes of at least 4 members (excludes halogenated alkanes) is 1. The summed E-state index contributed by atoms with van der Waals surface area (Å²) in [5.74, 6) is -5.71. The van der Waals surface area contributed by atoms with Crippen molar-refractivity contribution in [2.24, 2.45) is 5.73 Å². The predicted molar refractivity (Wildman–Crippen MR) is 208 cm³/mol. The maximum atomic E-state index is 12.9. The largest absolute Gasteiger partial charge is 0.472 e. The predicted octanol–water partition coefficient (Wildman–Crippen LogP) is -2.75. The normalized spacial score (nSPS) is 14.1. The van der Waals surface area contributed by atoms with Crippen LogP contribution in [0.2, 0.25) is 0 Å². The molecule has 310 valence electrons. The Kier molecular flexibility index (Phi) is 20.4. The van der Waals surface area contributed by atoms with E-state index in [1.807, 2.05) is 24.3 Å². The highest BCUT2D eigenvalue weighted by atomic mass is 16.4. The van der Waals surface area contributed by atoms with Crippen molar-refractivity contribution < 1.29 is 53.5 Å². The van der Waals surface area contributed by atoms with Crippen LogP contribution in [0.1, 0.15) is 61.9 Å². The molecule has 0 aromatic heterocycles. The van der Waals surface area contributed by atoms with Gasteiger partial charge in [-0.25, -0.2) is 0 Å². The number of hydrogen-bond acceptors (Lipinski definition) is 11. The number of hydrogen-bond donors (Lipinski definition) is 10. The minimum Gasteiger partial charge on any atom is -0.426 e. The average molecular weight is 797 g/mol. The van der Waals surface area contributed by atoms with Gasteiger partial charge < -0.3 is 57.7 Å². The number of aliphatic hydroxyl groups excluding tert-OH is 1. The maximum Gasteiger partial charge on any atom is 0.472 e. The number of benzene rings is 2. The molecule has 57 heavy (non-hydrogen) atoms. The molecule has 11 N–H and O–H groups in total. The first kappa shape index (κ1) is 47.3. The van der Waals surface area contributed by atoms with E-state index in [-0.39, 0.29) is 13.0 Å². The molecule has 1 saturated heterocycles. The van der Waals surface area contributed by atoms with Crippen LogP contribution in [0.5, 0.6) is 0 Å². The van der Waals surface area contributed by atoms with Crippen LogP contribution in [-0.2, 0) is 40.0 Å². The quantitative estimate of drug-likeness (QED) is 0.0613. The third-order valence-corrected chi connectivity index (χ3v) is 8.66. The molecule has 2 aromatic carbocycles. The van der Waals surface area contributed by atoms with Crippen molar-refractivity contribution in [3.63, 3.8) is 0 Å². The summed E-state index contributed by atoms with van der Waals surface area (Å²) < 4.78 is 0. The van der Waals surface area contributed by atoms with Crippen molar-refractivity contribution in [1.29, 1.82) is 0 Å². The molecule has 3 rings (SSSR count). The Morgan fingerprint density at radius 2 is 1.40 bits per heavy atom. The molecule has 0 spiro atoms. The number of amides is 8. The van der Waals surface area contributed by atoms with Gasteiger partial charge in [0, 0.05) is 19.2 Å². The first-order valence-electron chi connectivity index (χ1n) is 18.5. The summed E-state index contributed by atoms with van der Waals surface area (Å²) in [5.41, 5.74) is 8.71. The molecule has 8 amide bonds. The highest BCUT2D eigenvalue weighted by Crippen LogP contribution is 2.21. The third kappa shape index (κ3) is 16.4. The van der Waals surface area contributed by atoms with Crippen molar-refractivity contribution in [3.05, 3.63) is 59.7 Å². The van der Waals surface area contributed by atoms with Crippen LogP contribution in [0.15, 0.2) is 48.5 Å². The molecule has 1 heterocycles. The van der Waals surface area contributed by atoms with Gasteiger partial charge in [0.1, 0.15) is 18.1 Å². The molecule has 0 bridgehead atoms. The van der Waals surface area contributed by atoms with Crippen LogP contribution in [0.3, 0.4) is 0 Å². The number of carbonyl (C=O) groups is 8. The Labute approximate surface area is 331 Å². The van der Waals surface area contributed by atoms with Crippen molar-refractivity contribution in [2.45, 2.75) is 70.5 Å². The van der Waals surface area contributed by atoms with Crippen LogP contribution in [0, 0.1) is 0 Å². The fraction of sp³-hybridized carbons (Fsp3) is 0.459. The number of nitrogens with two attached hydrogens (primary N) is 1. The lowest BCUT2D eigenvalue weighted by atomic mass is 9.92. The Balaban J connectivity index is 0.00000551. The second-order valence-electron chi connectivity index (χ2n) is 13.0. The smallest absolute Gasteiger partial charge is 0.426 e. The Hall–Kier alpha value is -5.86. The highest BCUT2D eigenvalue weighted by Gasteiger charge is 2.34. The van der Waals surface area contributed by atoms with Crippen molar-refractivity contribution >= 4 is 54.4 Å². The Bertz CT molecular complexity index is 1690. The topological polar surface area (TPSA) is 299 Å². The number of nitrogens with one attached hydrogen (secondary N) is 6. The van der Waals surface area contributed by atoms with Crippen LogP contribution >= 0.6 is 0 Å². The molecule has 1 fully saturated rings. The molecular formula is C37H53BN8O11. The lowest BCUT2D eigenvalue weighted by Gasteiger charge is -2.24. The van der Waals surface area contributed by atoms with E-state index in [1.165, 1.54) is 17.4 Å². The molecule has 3 unspecified atom stereocenters. The van der Waals surface area contributed by atoms with E-state index in [0.29, 0.717) is 12.0 Å². The van der Waals surface area contributed by atoms with Gasteiger partial charge >= 0.3 is 7.12 Å². The van der Waals surface area contributed by atoms with E-state index in [0.717, 1.165) is 37.5 Å². The Morgan fingerprint density at radius 1 is 0.807 bits per heavy atom. The molecular weight excluding hydrogens is 743 g/mol. The van der Waals surface area contributed by atoms with E-state index in [4.69, 9.17) is 20.9 Å². The van der Waals surface area contributed by atoms with Crippen LogP contribution in [0.25, 0.3) is 11.1 Å². The number of aryl methyl sites for hydroxylation is 1. The van der Waals surface area contributed by atoms with Gasteiger partial charge in [0.2, 0.25) is 41.4 Å². The lowest BCUT2D eigenvalue weighted by molar-refractivity contribution is -0.139. The van der Waals surface area contributed by atoms with Crippen molar-refractivity contribution in [2.75, 3.05) is 39.7 Å². The van der Waals surface area contributed by atoms with Gasteiger partial charge in [0.15, 0.2) is 0 Å². The zero-order valence-electron chi connectivity index (χ0n) is 32.3. The molecule has 0 radical (unpaired) electrons. The summed E-state index contributed by atoms with van der Waals surface area (Å²) >= 11 is 0. The third-order valence-electron chi connectivity index (χ3n) is 8.66. The number of likely N-dealkylation sites (tertiary alicyclic amines) is 1. The van der Waals surface area contributed by atoms with Crippen LogP contribution in [0.4, 0.5) is 0 Å². The van der Waals surface area contributed by atoms with Gasteiger partial charge in [-0.1, -0.05) is 49.7 Å². The maximum absolute atomic E-state index is 12.9. The summed E-state index contributed by atoms with van der Waals surface area (Å²) in [4.78, 5) is 101. The van der Waals surface area contributed by atoms with E-state index < -0.39 is 105 Å². The zero-order valence-corrected chi connectivity index (χ0v) is 32.3. The minimum absolute atomic E-state index is 0.206. The lowest BCUT2D eigenvalue weighted by Crippen LogP contribution is -2.54. The number of aliphatic hydroxyl groups is 1. The van der Waals surface area contributed by atoms with Gasteiger partial charge in [-0.2, -0.15) is 0 Å². The summed E-state index contributed by atoms with van der Waals surface area (Å²) in [6, 6.07) is 11.8. The number of nitrogens with zero attached hydrogens (tertiary/aromatic N) is 1. The zero-order chi connectivity index (χ0) is 42.5. The fourth-order valence-corrected chi connectivity index (χ4v) is 5.69. The van der Waals surface area contributed by atoms with Gasteiger partial charge in [-0.15, -0.1) is 0 Å². The van der Waals surface area contributed by atoms with Gasteiger partial charge in [-0.3, -0.25) is 38.4 Å². The van der Waals surface area contributed by atoms with Gasteiger partial charge in [0.05, 0.1) is 32.5 Å². The summed E-state index contributed by atoms with van der Waals surface area (Å²) in [5, 5.41) is 39.0. The molecule has 2 aromatic rings. The van der Waals surface area contributed by atoms with Crippen LogP contribution < -0.4 is 37.6 Å². The molecule has 20 heteroatoms. The molecule has 0 aliphatic carbocycles. The second-order valence-corrected chi connectivity index (χ2v) is 13.0. The highest BCUT2D eigenvalue weighted by molar-refractivity contribution is 6.41. The van der Waals surface area contributed by atoms with Crippen molar-refractivity contribution in [3.8, 4) is 11.1 Å². The standard InChI is InChI=1S/C36H49BN8O10.CH4O/c1-3-4-6-23-8-10-24(11-9-23)25-12-14-26(15-13-25)34(51)39-18-30(47)43-22(2)33(50)41-20-32(49)45-16-5-7-28(45)36(53)40-19-31(48)44-27(17-29(38)46)35(52)42-21-37(54)55;1-2/h8-15,22,27-28,54-55H,3-7,16-21H2,1-2H3,(H2,38,46)(H,39,51)(H,40,53)(H,41,50)(H,42,52)(H,43,47)(H,44,48);2H,1H3. The first-order valence-corrected chi connectivity index (χ1v) is 18.5. The van der Waals surface area contributed by atoms with E-state index in [1.54, 1.807) is 12.1 Å².